The first-order valence-electron chi connectivity index (χ1n) is 10.7. The molecule has 1 aromatic heterocycles. The van der Waals surface area contributed by atoms with Crippen LogP contribution in [-0.2, 0) is 22.1 Å². The zero-order chi connectivity index (χ0) is 24.5. The van der Waals surface area contributed by atoms with E-state index < -0.39 is 23.3 Å². The van der Waals surface area contributed by atoms with Crippen LogP contribution in [0.3, 0.4) is 0 Å². The van der Waals surface area contributed by atoms with Gasteiger partial charge in [-0.2, -0.15) is 18.4 Å². The number of methoxy groups -OCH3 is 1. The van der Waals surface area contributed by atoms with Crippen LogP contribution in [0.25, 0.3) is 0 Å². The lowest BCUT2D eigenvalue weighted by Gasteiger charge is -2.23. The molecule has 2 N–H and O–H groups in total. The number of thioether (sulfide) groups is 1. The molecule has 2 aliphatic heterocycles. The number of halogens is 3. The highest BCUT2D eigenvalue weighted by molar-refractivity contribution is 7.98. The van der Waals surface area contributed by atoms with Crippen LogP contribution in [0, 0.1) is 23.2 Å². The third-order valence-electron chi connectivity index (χ3n) is 6.23. The van der Waals surface area contributed by atoms with Crippen LogP contribution in [0.1, 0.15) is 16.7 Å². The van der Waals surface area contributed by atoms with Gasteiger partial charge in [-0.3, -0.25) is 4.79 Å². The van der Waals surface area contributed by atoms with Gasteiger partial charge in [0.05, 0.1) is 24.8 Å². The van der Waals surface area contributed by atoms with Crippen molar-refractivity contribution in [2.45, 2.75) is 17.5 Å². The van der Waals surface area contributed by atoms with Gasteiger partial charge in [0.1, 0.15) is 17.5 Å². The Morgan fingerprint density at radius 2 is 2.03 bits per heavy atom. The van der Waals surface area contributed by atoms with Crippen molar-refractivity contribution in [3.05, 3.63) is 41.0 Å². The molecule has 0 unspecified atom stereocenters. The van der Waals surface area contributed by atoms with Gasteiger partial charge in [0, 0.05) is 31.1 Å². The molecule has 7 nitrogen and oxygen atoms in total. The zero-order valence-corrected chi connectivity index (χ0v) is 19.5. The summed E-state index contributed by atoms with van der Waals surface area (Å²) in [5, 5.41) is 15.9. The second-order valence-corrected chi connectivity index (χ2v) is 9.21. The molecule has 2 atom stereocenters. The number of anilines is 3. The molecule has 2 aliphatic rings. The second kappa shape index (κ2) is 9.72. The average molecular weight is 492 g/mol. The van der Waals surface area contributed by atoms with E-state index in [9.17, 15) is 23.2 Å². The summed E-state index contributed by atoms with van der Waals surface area (Å²) in [6, 6.07) is 7.84. The van der Waals surface area contributed by atoms with Crippen LogP contribution >= 0.6 is 11.8 Å². The van der Waals surface area contributed by atoms with E-state index >= 15 is 0 Å². The van der Waals surface area contributed by atoms with Gasteiger partial charge in [0.25, 0.3) is 0 Å². The number of ether oxygens (including phenoxy) is 1. The maximum atomic E-state index is 14.0. The summed E-state index contributed by atoms with van der Waals surface area (Å²) < 4.78 is 46.6. The van der Waals surface area contributed by atoms with E-state index in [1.807, 2.05) is 11.2 Å². The molecule has 2 fully saturated rings. The molecule has 0 amide bonds. The predicted octanol–water partition coefficient (Wildman–Crippen LogP) is 3.81. The van der Waals surface area contributed by atoms with Gasteiger partial charge in [0.15, 0.2) is 5.82 Å². The molecule has 180 valence electrons. The van der Waals surface area contributed by atoms with Gasteiger partial charge in [-0.25, -0.2) is 4.98 Å². The number of alkyl halides is 3. The molecule has 2 aromatic rings. The summed E-state index contributed by atoms with van der Waals surface area (Å²) in [6.45, 7) is 2.88. The molecule has 34 heavy (non-hydrogen) atoms. The third kappa shape index (κ3) is 4.93. The normalized spacial score (nSPS) is 19.6. The van der Waals surface area contributed by atoms with Crippen molar-refractivity contribution < 1.29 is 22.7 Å². The van der Waals surface area contributed by atoms with Crippen LogP contribution in [0.15, 0.2) is 29.2 Å². The van der Waals surface area contributed by atoms with E-state index in [1.165, 1.54) is 18.9 Å². The first kappa shape index (κ1) is 24.2. The number of carbonyl (C=O) groups is 1. The number of fused-ring (bicyclic) bond motifs is 1. The Morgan fingerprint density at radius 3 is 2.62 bits per heavy atom. The van der Waals surface area contributed by atoms with Gasteiger partial charge < -0.3 is 20.3 Å². The first-order chi connectivity index (χ1) is 16.2. The fraction of sp³-hybridized carbons (Fsp3) is 0.435. The quantitative estimate of drug-likeness (QED) is 0.466. The molecule has 11 heteroatoms. The molecule has 0 bridgehead atoms. The summed E-state index contributed by atoms with van der Waals surface area (Å²) in [5.74, 6) is 0.323. The minimum absolute atomic E-state index is 0.0107. The highest BCUT2D eigenvalue weighted by Crippen LogP contribution is 2.40. The molecule has 0 saturated carbocycles. The lowest BCUT2D eigenvalue weighted by Crippen LogP contribution is -2.27. The number of esters is 1. The number of rotatable bonds is 6. The van der Waals surface area contributed by atoms with Crippen molar-refractivity contribution in [2.24, 2.45) is 11.8 Å². The molecule has 0 radical (unpaired) electrons. The van der Waals surface area contributed by atoms with E-state index in [0.717, 1.165) is 24.1 Å². The predicted molar refractivity (Wildman–Crippen MR) is 123 cm³/mol. The fourth-order valence-corrected chi connectivity index (χ4v) is 5.03. The summed E-state index contributed by atoms with van der Waals surface area (Å²) >= 11 is 1.38. The van der Waals surface area contributed by atoms with Crippen molar-refractivity contribution in [1.29, 1.82) is 5.26 Å². The van der Waals surface area contributed by atoms with E-state index in [2.05, 4.69) is 15.6 Å². The maximum absolute atomic E-state index is 14.0. The molecular formula is C23H24F3N5O2S. The topological polar surface area (TPSA) is 90.3 Å². The monoisotopic (exact) mass is 491 g/mol. The second-order valence-electron chi connectivity index (χ2n) is 8.36. The zero-order valence-electron chi connectivity index (χ0n) is 18.7. The largest absolute Gasteiger partial charge is 0.469 e. The molecule has 0 spiro atoms. The van der Waals surface area contributed by atoms with Crippen molar-refractivity contribution >= 4 is 35.1 Å². The third-order valence-corrected chi connectivity index (χ3v) is 7.03. The standard InChI is InChI=1S/C23H24F3N5O2S/c1-33-21(32)6-13-3-4-19(34-2)18(5-13)29-22-16(8-27)17(23(24,25)26)7-20(30-22)31-11-14-9-28-10-15(14)12-31/h3-5,7,14-15,28H,6,9-12H2,1-2H3,(H,29,30)/t14-,15+. The maximum Gasteiger partial charge on any atom is 0.417 e. The van der Waals surface area contributed by atoms with Crippen molar-refractivity contribution in [3.8, 4) is 6.07 Å². The van der Waals surface area contributed by atoms with Gasteiger partial charge >= 0.3 is 12.1 Å². The minimum atomic E-state index is -4.72. The molecular weight excluding hydrogens is 467 g/mol. The Kier molecular flexibility index (Phi) is 6.91. The Hall–Kier alpha value is -2.97. The van der Waals surface area contributed by atoms with Crippen LogP contribution in [0.4, 0.5) is 30.5 Å². The molecule has 1 aromatic carbocycles. The number of nitrogens with one attached hydrogen (secondary N) is 2. The molecule has 4 rings (SSSR count). The van der Waals surface area contributed by atoms with Gasteiger partial charge in [-0.15, -0.1) is 11.8 Å². The van der Waals surface area contributed by atoms with E-state index in [4.69, 9.17) is 4.74 Å². The van der Waals surface area contributed by atoms with Gasteiger partial charge in [-0.05, 0) is 41.9 Å². The summed E-state index contributed by atoms with van der Waals surface area (Å²) in [6.07, 6.45) is -2.88. The van der Waals surface area contributed by atoms with Crippen molar-refractivity contribution in [3.63, 3.8) is 0 Å². The fourth-order valence-electron chi connectivity index (χ4n) is 4.49. The van der Waals surface area contributed by atoms with Gasteiger partial charge in [-0.1, -0.05) is 6.07 Å². The van der Waals surface area contributed by atoms with Crippen molar-refractivity contribution in [1.82, 2.24) is 10.3 Å². The van der Waals surface area contributed by atoms with E-state index in [1.54, 1.807) is 24.3 Å². The Labute approximate surface area is 199 Å². The van der Waals surface area contributed by atoms with Crippen LogP contribution in [0.5, 0.6) is 0 Å². The van der Waals surface area contributed by atoms with E-state index in [-0.39, 0.29) is 18.1 Å². The Balaban J connectivity index is 1.76. The van der Waals surface area contributed by atoms with Gasteiger partial charge in [0.2, 0.25) is 0 Å². The minimum Gasteiger partial charge on any atom is -0.469 e. The lowest BCUT2D eigenvalue weighted by atomic mass is 10.0. The lowest BCUT2D eigenvalue weighted by molar-refractivity contribution is -0.140. The van der Waals surface area contributed by atoms with Crippen LogP contribution in [0.2, 0.25) is 0 Å². The number of hydrogen-bond donors (Lipinski definition) is 2. The Morgan fingerprint density at radius 1 is 1.32 bits per heavy atom. The SMILES string of the molecule is COC(=O)Cc1ccc(SC)c(Nc2nc(N3C[C@H]4CNC[C@H]4C3)cc(C(F)(F)F)c2C#N)c1. The number of benzene rings is 1. The first-order valence-corrected chi connectivity index (χ1v) is 11.9. The molecule has 0 aliphatic carbocycles. The summed E-state index contributed by atoms with van der Waals surface area (Å²) in [7, 11) is 1.29. The molecule has 2 saturated heterocycles. The highest BCUT2D eigenvalue weighted by Gasteiger charge is 2.40. The number of hydrogen-bond acceptors (Lipinski definition) is 8. The van der Waals surface area contributed by atoms with E-state index in [0.29, 0.717) is 36.2 Å². The number of nitriles is 1. The summed E-state index contributed by atoms with van der Waals surface area (Å²) in [5.41, 5.74) is -0.500. The highest BCUT2D eigenvalue weighted by atomic mass is 32.2. The van der Waals surface area contributed by atoms with Crippen LogP contribution in [-0.4, -0.2) is 50.5 Å². The number of pyridine rings is 1. The Bertz CT molecular complexity index is 1120. The van der Waals surface area contributed by atoms with Crippen LogP contribution < -0.4 is 15.5 Å². The molecule has 3 heterocycles. The van der Waals surface area contributed by atoms with Crippen molar-refractivity contribution in [2.75, 3.05) is 49.8 Å². The average Bonchev–Trinajstić information content (AvgIpc) is 3.40. The number of carbonyl (C=O) groups excluding carboxylic acids is 1. The summed E-state index contributed by atoms with van der Waals surface area (Å²) in [4.78, 5) is 18.8. The smallest absolute Gasteiger partial charge is 0.417 e. The number of aromatic nitrogens is 1. The number of nitrogens with zero attached hydrogens (tertiary/aromatic N) is 3.